The van der Waals surface area contributed by atoms with Crippen LogP contribution in [0, 0.1) is 0 Å². The third-order valence-electron chi connectivity index (χ3n) is 1.71. The predicted molar refractivity (Wildman–Crippen MR) is 48.9 cm³/mol. The van der Waals surface area contributed by atoms with Gasteiger partial charge in [0.2, 0.25) is 5.82 Å². The van der Waals surface area contributed by atoms with Gasteiger partial charge in [0.25, 0.3) is 5.56 Å². The maximum absolute atomic E-state index is 11.3. The summed E-state index contributed by atoms with van der Waals surface area (Å²) >= 11 is 0. The van der Waals surface area contributed by atoms with E-state index in [1.54, 1.807) is 0 Å². The molecule has 2 rings (SSSR count). The standard InChI is InChI=1S/C8H6N4O3/c13-7-6(9-2-3-10-7)12-4-1-5(11-12)8(14)15/h1-4H,(H,10,13)(H,14,15). The first-order valence-electron chi connectivity index (χ1n) is 4.01. The van der Waals surface area contributed by atoms with E-state index < -0.39 is 11.5 Å². The summed E-state index contributed by atoms with van der Waals surface area (Å²) in [6.07, 6.45) is 4.13. The molecule has 0 unspecified atom stereocenters. The fourth-order valence-corrected chi connectivity index (χ4v) is 1.06. The number of hydrogen-bond acceptors (Lipinski definition) is 4. The second-order valence-corrected chi connectivity index (χ2v) is 2.69. The smallest absolute Gasteiger partial charge is 0.356 e. The van der Waals surface area contributed by atoms with Gasteiger partial charge < -0.3 is 10.1 Å². The van der Waals surface area contributed by atoms with E-state index in [2.05, 4.69) is 15.1 Å². The minimum atomic E-state index is -1.15. The summed E-state index contributed by atoms with van der Waals surface area (Å²) in [4.78, 5) is 28.0. The van der Waals surface area contributed by atoms with Crippen molar-refractivity contribution in [3.63, 3.8) is 0 Å². The molecular formula is C8H6N4O3. The molecule has 0 atom stereocenters. The number of nitrogens with one attached hydrogen (secondary N) is 1. The highest BCUT2D eigenvalue weighted by molar-refractivity contribution is 5.85. The van der Waals surface area contributed by atoms with Gasteiger partial charge in [-0.05, 0) is 6.07 Å². The Labute approximate surface area is 83.0 Å². The van der Waals surface area contributed by atoms with E-state index >= 15 is 0 Å². The summed E-state index contributed by atoms with van der Waals surface area (Å²) < 4.78 is 1.11. The first kappa shape index (κ1) is 9.13. The molecule has 7 nitrogen and oxygen atoms in total. The van der Waals surface area contributed by atoms with E-state index in [-0.39, 0.29) is 11.5 Å². The molecule has 0 aromatic carbocycles. The number of aromatic amines is 1. The Morgan fingerprint density at radius 1 is 1.53 bits per heavy atom. The Morgan fingerprint density at radius 2 is 2.33 bits per heavy atom. The normalized spacial score (nSPS) is 10.1. The topological polar surface area (TPSA) is 101 Å². The summed E-state index contributed by atoms with van der Waals surface area (Å²) in [5.41, 5.74) is -0.572. The molecule has 2 aromatic rings. The molecule has 76 valence electrons. The molecule has 0 radical (unpaired) electrons. The van der Waals surface area contributed by atoms with Gasteiger partial charge in [0.05, 0.1) is 0 Å². The molecule has 2 heterocycles. The lowest BCUT2D eigenvalue weighted by Gasteiger charge is -1.96. The number of rotatable bonds is 2. The van der Waals surface area contributed by atoms with Crippen molar-refractivity contribution in [2.75, 3.05) is 0 Å². The Hall–Kier alpha value is -2.44. The zero-order valence-corrected chi connectivity index (χ0v) is 7.41. The number of carboxylic acid groups (broad SMARTS) is 1. The Balaban J connectivity index is 2.51. The Kier molecular flexibility index (Phi) is 2.05. The number of aromatic nitrogens is 4. The van der Waals surface area contributed by atoms with Gasteiger partial charge in [-0.15, -0.1) is 0 Å². The van der Waals surface area contributed by atoms with Gasteiger partial charge in [-0.1, -0.05) is 0 Å². The average Bonchev–Trinajstić information content (AvgIpc) is 2.67. The second kappa shape index (κ2) is 3.37. The van der Waals surface area contributed by atoms with Crippen molar-refractivity contribution in [2.24, 2.45) is 0 Å². The summed E-state index contributed by atoms with van der Waals surface area (Å²) in [5.74, 6) is -1.12. The zero-order chi connectivity index (χ0) is 10.8. The van der Waals surface area contributed by atoms with Crippen LogP contribution in [0.4, 0.5) is 0 Å². The maximum atomic E-state index is 11.3. The largest absolute Gasteiger partial charge is 0.476 e. The molecule has 0 saturated heterocycles. The third kappa shape index (κ3) is 1.62. The molecule has 2 N–H and O–H groups in total. The van der Waals surface area contributed by atoms with Crippen LogP contribution in [-0.2, 0) is 0 Å². The van der Waals surface area contributed by atoms with Gasteiger partial charge in [-0.2, -0.15) is 5.10 Å². The zero-order valence-electron chi connectivity index (χ0n) is 7.41. The number of nitrogens with zero attached hydrogens (tertiary/aromatic N) is 3. The molecule has 0 saturated carbocycles. The van der Waals surface area contributed by atoms with Crippen molar-refractivity contribution in [1.29, 1.82) is 0 Å². The minimum absolute atomic E-state index is 0.0324. The monoisotopic (exact) mass is 206 g/mol. The van der Waals surface area contributed by atoms with Crippen molar-refractivity contribution in [1.82, 2.24) is 19.7 Å². The van der Waals surface area contributed by atoms with Crippen LogP contribution in [-0.4, -0.2) is 30.8 Å². The quantitative estimate of drug-likeness (QED) is 0.699. The van der Waals surface area contributed by atoms with Crippen LogP contribution in [0.5, 0.6) is 0 Å². The lowest BCUT2D eigenvalue weighted by molar-refractivity contribution is 0.0690. The second-order valence-electron chi connectivity index (χ2n) is 2.69. The number of H-pyrrole nitrogens is 1. The first-order chi connectivity index (χ1) is 7.18. The molecule has 0 aliphatic carbocycles. The molecule has 15 heavy (non-hydrogen) atoms. The molecule has 2 aromatic heterocycles. The number of carbonyl (C=O) groups is 1. The summed E-state index contributed by atoms with van der Waals surface area (Å²) in [6, 6.07) is 1.29. The van der Waals surface area contributed by atoms with E-state index in [0.717, 1.165) is 4.68 Å². The highest BCUT2D eigenvalue weighted by Gasteiger charge is 2.09. The summed E-state index contributed by atoms with van der Waals surface area (Å²) in [7, 11) is 0. The molecule has 0 spiro atoms. The van der Waals surface area contributed by atoms with E-state index in [1.165, 1.54) is 24.7 Å². The predicted octanol–water partition coefficient (Wildman–Crippen LogP) is -0.346. The van der Waals surface area contributed by atoms with Crippen LogP contribution < -0.4 is 5.56 Å². The van der Waals surface area contributed by atoms with E-state index in [1.807, 2.05) is 0 Å². The van der Waals surface area contributed by atoms with Gasteiger partial charge in [-0.3, -0.25) is 4.79 Å². The number of aromatic carboxylic acids is 1. The average molecular weight is 206 g/mol. The fraction of sp³-hybridized carbons (Fsp3) is 0. The minimum Gasteiger partial charge on any atom is -0.476 e. The van der Waals surface area contributed by atoms with Gasteiger partial charge in [-0.25, -0.2) is 14.5 Å². The van der Waals surface area contributed by atoms with Crippen molar-refractivity contribution < 1.29 is 9.90 Å². The Bertz CT molecular complexity index is 557. The Morgan fingerprint density at radius 3 is 2.93 bits per heavy atom. The molecule has 0 amide bonds. The van der Waals surface area contributed by atoms with Crippen LogP contribution in [0.15, 0.2) is 29.5 Å². The highest BCUT2D eigenvalue weighted by Crippen LogP contribution is 1.99. The van der Waals surface area contributed by atoms with Crippen molar-refractivity contribution in [2.45, 2.75) is 0 Å². The van der Waals surface area contributed by atoms with Crippen molar-refractivity contribution in [3.05, 3.63) is 40.7 Å². The van der Waals surface area contributed by atoms with E-state index in [4.69, 9.17) is 5.11 Å². The van der Waals surface area contributed by atoms with Crippen LogP contribution in [0.1, 0.15) is 10.5 Å². The van der Waals surface area contributed by atoms with E-state index in [9.17, 15) is 9.59 Å². The summed E-state index contributed by atoms with van der Waals surface area (Å²) in [5, 5.41) is 12.3. The van der Waals surface area contributed by atoms with Crippen molar-refractivity contribution in [3.8, 4) is 5.82 Å². The molecule has 7 heteroatoms. The van der Waals surface area contributed by atoms with Gasteiger partial charge in [0.15, 0.2) is 5.69 Å². The van der Waals surface area contributed by atoms with Crippen molar-refractivity contribution >= 4 is 5.97 Å². The molecule has 0 aliphatic heterocycles. The first-order valence-corrected chi connectivity index (χ1v) is 4.01. The van der Waals surface area contributed by atoms with Gasteiger partial charge in [0.1, 0.15) is 0 Å². The van der Waals surface area contributed by atoms with Crippen LogP contribution in [0.25, 0.3) is 5.82 Å². The van der Waals surface area contributed by atoms with Crippen LogP contribution in [0.2, 0.25) is 0 Å². The lowest BCUT2D eigenvalue weighted by atomic mass is 10.5. The lowest BCUT2D eigenvalue weighted by Crippen LogP contribution is -2.16. The number of hydrogen-bond donors (Lipinski definition) is 2. The van der Waals surface area contributed by atoms with Crippen LogP contribution >= 0.6 is 0 Å². The number of carboxylic acids is 1. The third-order valence-corrected chi connectivity index (χ3v) is 1.71. The maximum Gasteiger partial charge on any atom is 0.356 e. The highest BCUT2D eigenvalue weighted by atomic mass is 16.4. The molecule has 0 aliphatic rings. The molecular weight excluding hydrogens is 200 g/mol. The van der Waals surface area contributed by atoms with E-state index in [0.29, 0.717) is 0 Å². The SMILES string of the molecule is O=C(O)c1ccn(-c2ncc[nH]c2=O)n1. The van der Waals surface area contributed by atoms with Gasteiger partial charge in [0, 0.05) is 18.6 Å². The molecule has 0 bridgehead atoms. The van der Waals surface area contributed by atoms with Crippen LogP contribution in [0.3, 0.4) is 0 Å². The fourth-order valence-electron chi connectivity index (χ4n) is 1.06. The summed E-state index contributed by atoms with van der Waals surface area (Å²) in [6.45, 7) is 0. The molecule has 0 fully saturated rings. The van der Waals surface area contributed by atoms with Gasteiger partial charge >= 0.3 is 5.97 Å².